The average molecular weight is 424 g/mol. The molecule has 29 heavy (non-hydrogen) atoms. The quantitative estimate of drug-likeness (QED) is 0.0936. The SMILES string of the molecule is CCOCCOCCOCCOCCOCCOCCOCCOCCN=[N+]=[N-]. The minimum absolute atomic E-state index is 0.337. The Morgan fingerprint density at radius 2 is 0.759 bits per heavy atom. The standard InChI is InChI=1S/C18H37N3O8/c1-2-22-5-6-24-9-10-26-13-14-28-17-18-29-16-15-27-12-11-25-8-7-23-4-3-20-21-19/h2-18H2,1H3. The predicted molar refractivity (Wildman–Crippen MR) is 106 cm³/mol. The van der Waals surface area contributed by atoms with E-state index in [4.69, 9.17) is 43.4 Å². The predicted octanol–water partition coefficient (Wildman–Crippen LogP) is 1.45. The van der Waals surface area contributed by atoms with Crippen LogP contribution in [-0.4, -0.2) is 112 Å². The largest absolute Gasteiger partial charge is 0.379 e. The molecule has 0 rings (SSSR count). The number of ether oxygens (including phenoxy) is 8. The van der Waals surface area contributed by atoms with Gasteiger partial charge >= 0.3 is 0 Å². The van der Waals surface area contributed by atoms with Gasteiger partial charge in [-0.3, -0.25) is 0 Å². The Balaban J connectivity index is 2.99. The van der Waals surface area contributed by atoms with Crippen LogP contribution in [0.4, 0.5) is 0 Å². The summed E-state index contributed by atoms with van der Waals surface area (Å²) in [7, 11) is 0. The summed E-state index contributed by atoms with van der Waals surface area (Å²) < 4.78 is 42.6. The van der Waals surface area contributed by atoms with Crippen molar-refractivity contribution in [3.63, 3.8) is 0 Å². The average Bonchev–Trinajstić information content (AvgIpc) is 2.74. The van der Waals surface area contributed by atoms with Crippen molar-refractivity contribution in [2.45, 2.75) is 6.92 Å². The molecule has 0 bridgehead atoms. The molecular weight excluding hydrogens is 386 g/mol. The van der Waals surface area contributed by atoms with Crippen LogP contribution < -0.4 is 0 Å². The zero-order chi connectivity index (χ0) is 21.1. The summed E-state index contributed by atoms with van der Waals surface area (Å²) in [6.07, 6.45) is 0. The van der Waals surface area contributed by atoms with Crippen LogP contribution in [0.15, 0.2) is 5.11 Å². The lowest BCUT2D eigenvalue weighted by Gasteiger charge is -2.08. The van der Waals surface area contributed by atoms with E-state index in [1.165, 1.54) is 0 Å². The van der Waals surface area contributed by atoms with E-state index < -0.39 is 0 Å². The molecule has 0 unspecified atom stereocenters. The highest BCUT2D eigenvalue weighted by Crippen LogP contribution is 1.85. The first-order valence-electron chi connectivity index (χ1n) is 10.0. The molecule has 0 radical (unpaired) electrons. The van der Waals surface area contributed by atoms with Crippen LogP contribution in [0.5, 0.6) is 0 Å². The molecule has 0 saturated heterocycles. The molecule has 0 fully saturated rings. The maximum atomic E-state index is 8.09. The van der Waals surface area contributed by atoms with Gasteiger partial charge in [0.2, 0.25) is 0 Å². The highest BCUT2D eigenvalue weighted by atomic mass is 16.6. The van der Waals surface area contributed by atoms with E-state index in [1.807, 2.05) is 6.92 Å². The molecule has 0 atom stereocenters. The van der Waals surface area contributed by atoms with E-state index in [0.717, 1.165) is 0 Å². The third-order valence-corrected chi connectivity index (χ3v) is 3.21. The lowest BCUT2D eigenvalue weighted by Crippen LogP contribution is -2.15. The summed E-state index contributed by atoms with van der Waals surface area (Å²) in [5.41, 5.74) is 8.09. The van der Waals surface area contributed by atoms with Crippen molar-refractivity contribution < 1.29 is 37.9 Å². The van der Waals surface area contributed by atoms with Crippen LogP contribution in [-0.2, 0) is 37.9 Å². The van der Waals surface area contributed by atoms with Gasteiger partial charge in [0.1, 0.15) is 0 Å². The molecule has 0 spiro atoms. The Hall–Kier alpha value is -1.01. The van der Waals surface area contributed by atoms with Crippen LogP contribution in [0.2, 0.25) is 0 Å². The lowest BCUT2D eigenvalue weighted by molar-refractivity contribution is -0.0226. The Labute approximate surface area is 173 Å². The molecule has 0 aliphatic heterocycles. The summed E-state index contributed by atoms with van der Waals surface area (Å²) in [6.45, 7) is 10.8. The van der Waals surface area contributed by atoms with Gasteiger partial charge in [-0.2, -0.15) is 0 Å². The fourth-order valence-electron chi connectivity index (χ4n) is 1.83. The zero-order valence-electron chi connectivity index (χ0n) is 17.6. The zero-order valence-corrected chi connectivity index (χ0v) is 17.6. The smallest absolute Gasteiger partial charge is 0.0701 e. The van der Waals surface area contributed by atoms with Crippen molar-refractivity contribution in [3.05, 3.63) is 10.4 Å². The summed E-state index contributed by atoms with van der Waals surface area (Å²) in [4.78, 5) is 2.63. The van der Waals surface area contributed by atoms with E-state index in [1.54, 1.807) is 0 Å². The maximum Gasteiger partial charge on any atom is 0.0701 e. The second-order valence-electron chi connectivity index (χ2n) is 5.44. The van der Waals surface area contributed by atoms with Crippen LogP contribution in [0.1, 0.15) is 6.92 Å². The van der Waals surface area contributed by atoms with Gasteiger partial charge in [-0.25, -0.2) is 0 Å². The number of nitrogens with zero attached hydrogens (tertiary/aromatic N) is 3. The van der Waals surface area contributed by atoms with Gasteiger partial charge in [-0.15, -0.1) is 0 Å². The van der Waals surface area contributed by atoms with E-state index in [2.05, 4.69) is 10.0 Å². The van der Waals surface area contributed by atoms with Crippen molar-refractivity contribution in [2.24, 2.45) is 5.11 Å². The molecule has 11 nitrogen and oxygen atoms in total. The van der Waals surface area contributed by atoms with Crippen molar-refractivity contribution in [2.75, 3.05) is 112 Å². The molecule has 0 aromatic heterocycles. The van der Waals surface area contributed by atoms with Gasteiger partial charge in [-0.1, -0.05) is 5.11 Å². The molecule has 0 N–H and O–H groups in total. The Morgan fingerprint density at radius 3 is 1.03 bits per heavy atom. The Kier molecular flexibility index (Phi) is 26.1. The third kappa shape index (κ3) is 27.0. The molecule has 0 aliphatic rings. The minimum Gasteiger partial charge on any atom is -0.379 e. The van der Waals surface area contributed by atoms with Gasteiger partial charge in [0.15, 0.2) is 0 Å². The fraction of sp³-hybridized carbons (Fsp3) is 1.00. The summed E-state index contributed by atoms with van der Waals surface area (Å²) in [5.74, 6) is 0. The minimum atomic E-state index is 0.337. The van der Waals surface area contributed by atoms with Crippen molar-refractivity contribution in [1.82, 2.24) is 0 Å². The number of rotatable bonds is 25. The van der Waals surface area contributed by atoms with Crippen molar-refractivity contribution in [3.8, 4) is 0 Å². The van der Waals surface area contributed by atoms with Gasteiger partial charge in [0, 0.05) is 18.1 Å². The lowest BCUT2D eigenvalue weighted by atomic mass is 10.6. The van der Waals surface area contributed by atoms with E-state index >= 15 is 0 Å². The molecular formula is C18H37N3O8. The highest BCUT2D eigenvalue weighted by molar-refractivity contribution is 4.44. The van der Waals surface area contributed by atoms with E-state index in [0.29, 0.717) is 112 Å². The van der Waals surface area contributed by atoms with Gasteiger partial charge in [-0.05, 0) is 12.5 Å². The molecule has 0 aromatic rings. The molecule has 172 valence electrons. The molecule has 0 heterocycles. The Bertz CT molecular complexity index is 360. The second-order valence-corrected chi connectivity index (χ2v) is 5.44. The first-order chi connectivity index (χ1) is 14.4. The van der Waals surface area contributed by atoms with Crippen LogP contribution in [0.3, 0.4) is 0 Å². The van der Waals surface area contributed by atoms with Gasteiger partial charge in [0.05, 0.1) is 99.1 Å². The highest BCUT2D eigenvalue weighted by Gasteiger charge is 1.94. The van der Waals surface area contributed by atoms with Crippen molar-refractivity contribution >= 4 is 0 Å². The number of hydrogen-bond donors (Lipinski definition) is 0. The van der Waals surface area contributed by atoms with Crippen LogP contribution in [0, 0.1) is 0 Å². The number of hydrogen-bond acceptors (Lipinski definition) is 9. The number of azide groups is 1. The third-order valence-electron chi connectivity index (χ3n) is 3.21. The summed E-state index contributed by atoms with van der Waals surface area (Å²) in [6, 6.07) is 0. The fourth-order valence-corrected chi connectivity index (χ4v) is 1.83. The first kappa shape index (κ1) is 28.0. The normalized spacial score (nSPS) is 10.9. The summed E-state index contributed by atoms with van der Waals surface area (Å²) >= 11 is 0. The Morgan fingerprint density at radius 1 is 0.483 bits per heavy atom. The van der Waals surface area contributed by atoms with Gasteiger partial charge < -0.3 is 37.9 Å². The molecule has 0 saturated carbocycles. The monoisotopic (exact) mass is 423 g/mol. The molecule has 0 aromatic carbocycles. The molecule has 11 heteroatoms. The van der Waals surface area contributed by atoms with E-state index in [-0.39, 0.29) is 0 Å². The molecule has 0 aliphatic carbocycles. The van der Waals surface area contributed by atoms with E-state index in [9.17, 15) is 0 Å². The topological polar surface area (TPSA) is 123 Å². The van der Waals surface area contributed by atoms with Crippen LogP contribution >= 0.6 is 0 Å². The van der Waals surface area contributed by atoms with Crippen molar-refractivity contribution in [1.29, 1.82) is 0 Å². The summed E-state index contributed by atoms with van der Waals surface area (Å²) in [5, 5.41) is 3.36. The first-order valence-corrected chi connectivity index (χ1v) is 10.0. The van der Waals surface area contributed by atoms with Crippen LogP contribution in [0.25, 0.3) is 10.4 Å². The van der Waals surface area contributed by atoms with Gasteiger partial charge in [0.25, 0.3) is 0 Å². The second kappa shape index (κ2) is 27.0. The maximum absolute atomic E-state index is 8.09. The molecule has 0 amide bonds.